The van der Waals surface area contributed by atoms with Crippen molar-refractivity contribution in [3.63, 3.8) is 0 Å². The highest BCUT2D eigenvalue weighted by atomic mass is 15.1. The number of nitrogens with zero attached hydrogens (tertiary/aromatic N) is 1. The van der Waals surface area contributed by atoms with E-state index in [2.05, 4.69) is 131 Å². The molecule has 0 aromatic heterocycles. The summed E-state index contributed by atoms with van der Waals surface area (Å²) in [6, 6.07) is 19.4. The number of anilines is 2. The zero-order chi connectivity index (χ0) is 24.3. The molecule has 0 heterocycles. The van der Waals surface area contributed by atoms with Gasteiger partial charge in [-0.2, -0.15) is 0 Å². The fourth-order valence-corrected chi connectivity index (χ4v) is 3.76. The summed E-state index contributed by atoms with van der Waals surface area (Å²) in [6.45, 7) is 19.2. The van der Waals surface area contributed by atoms with Gasteiger partial charge >= 0.3 is 0 Å². The highest BCUT2D eigenvalue weighted by Crippen LogP contribution is 2.36. The third kappa shape index (κ3) is 7.68. The van der Waals surface area contributed by atoms with Gasteiger partial charge in [0.15, 0.2) is 7.28 Å². The molecule has 0 spiro atoms. The van der Waals surface area contributed by atoms with Crippen LogP contribution in [-0.4, -0.2) is 7.28 Å². The summed E-state index contributed by atoms with van der Waals surface area (Å²) in [5, 5.41) is 0. The van der Waals surface area contributed by atoms with Gasteiger partial charge in [-0.25, -0.2) is 0 Å². The first kappa shape index (κ1) is 26.0. The van der Waals surface area contributed by atoms with Crippen molar-refractivity contribution in [1.82, 2.24) is 0 Å². The molecule has 0 saturated carbocycles. The average molecular weight is 435 g/mol. The first-order valence-corrected chi connectivity index (χ1v) is 11.8. The second kappa shape index (κ2) is 12.7. The first-order chi connectivity index (χ1) is 15.8. The Hall–Kier alpha value is -3.26. The maximum atomic E-state index is 4.45. The van der Waals surface area contributed by atoms with E-state index in [1.54, 1.807) is 6.08 Å². The number of rotatable bonds is 10. The van der Waals surface area contributed by atoms with Crippen LogP contribution in [0.2, 0.25) is 6.82 Å². The van der Waals surface area contributed by atoms with Crippen LogP contribution >= 0.6 is 0 Å². The molecule has 0 fully saturated rings. The summed E-state index contributed by atoms with van der Waals surface area (Å²) in [4.78, 5) is 2.33. The molecule has 1 nitrogen and oxygen atoms in total. The molecule has 0 unspecified atom stereocenters. The summed E-state index contributed by atoms with van der Waals surface area (Å²) < 4.78 is 0. The summed E-state index contributed by atoms with van der Waals surface area (Å²) in [7, 11) is 1.01. The molecule has 0 aliphatic rings. The van der Waals surface area contributed by atoms with Crippen LogP contribution in [0.15, 0.2) is 127 Å². The highest BCUT2D eigenvalue weighted by molar-refractivity contribution is 6.52. The number of allylic oxidation sites excluding steroid dienone is 9. The SMILES string of the molecule is C=C/C=C\C=C/CC(=C)/C(=C\C(=C/C)N(c1ccccc1)c1cccc(BC)c1)C(C)(C)C. The molecule has 2 heteroatoms. The molecule has 0 radical (unpaired) electrons. The Kier molecular flexibility index (Phi) is 10.0. The Labute approximate surface area is 202 Å². The molecule has 170 valence electrons. The predicted molar refractivity (Wildman–Crippen MR) is 151 cm³/mol. The second-order valence-electron chi connectivity index (χ2n) is 9.07. The van der Waals surface area contributed by atoms with Crippen molar-refractivity contribution in [2.45, 2.75) is 40.9 Å². The minimum absolute atomic E-state index is 0.0379. The molecule has 0 bridgehead atoms. The molecule has 0 aliphatic carbocycles. The molecule has 0 saturated heterocycles. The van der Waals surface area contributed by atoms with Gasteiger partial charge in [0.05, 0.1) is 0 Å². The predicted octanol–water partition coefficient (Wildman–Crippen LogP) is 8.06. The van der Waals surface area contributed by atoms with E-state index < -0.39 is 0 Å². The largest absolute Gasteiger partial charge is 0.311 e. The zero-order valence-corrected chi connectivity index (χ0v) is 21.0. The average Bonchev–Trinajstić information content (AvgIpc) is 2.81. The van der Waals surface area contributed by atoms with Crippen LogP contribution in [0.25, 0.3) is 0 Å². The van der Waals surface area contributed by atoms with E-state index in [1.807, 2.05) is 12.2 Å². The molecular formula is C31H38BN. The topological polar surface area (TPSA) is 3.24 Å². The van der Waals surface area contributed by atoms with Gasteiger partial charge in [0.25, 0.3) is 0 Å². The molecule has 2 rings (SSSR count). The van der Waals surface area contributed by atoms with Crippen LogP contribution in [0.1, 0.15) is 34.1 Å². The summed E-state index contributed by atoms with van der Waals surface area (Å²) in [5.74, 6) is 0. The van der Waals surface area contributed by atoms with Gasteiger partial charge in [0.1, 0.15) is 0 Å². The van der Waals surface area contributed by atoms with Crippen molar-refractivity contribution in [1.29, 1.82) is 0 Å². The van der Waals surface area contributed by atoms with E-state index in [-0.39, 0.29) is 5.41 Å². The third-order valence-corrected chi connectivity index (χ3v) is 5.49. The lowest BCUT2D eigenvalue weighted by Gasteiger charge is -2.30. The normalized spacial score (nSPS) is 12.9. The fraction of sp³-hybridized carbons (Fsp3) is 0.226. The Bertz CT molecular complexity index is 1050. The van der Waals surface area contributed by atoms with Gasteiger partial charge < -0.3 is 4.90 Å². The number of para-hydroxylation sites is 1. The summed E-state index contributed by atoms with van der Waals surface area (Å²) in [5.41, 5.74) is 7.11. The summed E-state index contributed by atoms with van der Waals surface area (Å²) in [6.07, 6.45) is 15.2. The molecule has 33 heavy (non-hydrogen) atoms. The van der Waals surface area contributed by atoms with Crippen molar-refractivity contribution in [3.05, 3.63) is 127 Å². The molecular weight excluding hydrogens is 397 g/mol. The monoisotopic (exact) mass is 435 g/mol. The van der Waals surface area contributed by atoms with E-state index >= 15 is 0 Å². The Balaban J connectivity index is 2.55. The van der Waals surface area contributed by atoms with Crippen molar-refractivity contribution in [3.8, 4) is 0 Å². The highest BCUT2D eigenvalue weighted by Gasteiger charge is 2.22. The van der Waals surface area contributed by atoms with E-state index in [1.165, 1.54) is 16.7 Å². The van der Waals surface area contributed by atoms with Crippen molar-refractivity contribution < 1.29 is 0 Å². The Morgan fingerprint density at radius 2 is 1.67 bits per heavy atom. The lowest BCUT2D eigenvalue weighted by atomic mass is 9.73. The van der Waals surface area contributed by atoms with E-state index in [9.17, 15) is 0 Å². The number of hydrogen-bond acceptors (Lipinski definition) is 1. The maximum Gasteiger partial charge on any atom is 0.154 e. The van der Waals surface area contributed by atoms with Gasteiger partial charge in [-0.15, -0.1) is 0 Å². The molecule has 2 aromatic rings. The number of hydrogen-bond donors (Lipinski definition) is 0. The van der Waals surface area contributed by atoms with Gasteiger partial charge in [-0.1, -0.05) is 113 Å². The quantitative estimate of drug-likeness (QED) is 0.269. The van der Waals surface area contributed by atoms with Crippen LogP contribution in [0, 0.1) is 5.41 Å². The van der Waals surface area contributed by atoms with Crippen LogP contribution in [0.4, 0.5) is 11.4 Å². The van der Waals surface area contributed by atoms with E-state index in [4.69, 9.17) is 0 Å². The van der Waals surface area contributed by atoms with Gasteiger partial charge in [0.2, 0.25) is 0 Å². The standard InChI is InChI=1S/C31H38BN/c1-8-10-11-12-14-18-25(3)30(31(4,5)6)24-27(9-2)33(28-20-15-13-16-21-28)29-22-17-19-26(23-29)32-7/h8-17,19-24,32H,1,3,18H2,2,4-7H3/b11-10-,14-12-,27-9+,30-24+. The molecule has 0 N–H and O–H groups in total. The first-order valence-electron chi connectivity index (χ1n) is 11.8. The van der Waals surface area contributed by atoms with Crippen molar-refractivity contribution in [2.75, 3.05) is 4.90 Å². The van der Waals surface area contributed by atoms with Crippen LogP contribution in [0.5, 0.6) is 0 Å². The van der Waals surface area contributed by atoms with E-state index in [0.29, 0.717) is 0 Å². The van der Waals surface area contributed by atoms with Crippen molar-refractivity contribution in [2.24, 2.45) is 5.41 Å². The Morgan fingerprint density at radius 3 is 2.27 bits per heavy atom. The molecule has 0 aliphatic heterocycles. The minimum atomic E-state index is -0.0379. The summed E-state index contributed by atoms with van der Waals surface area (Å²) >= 11 is 0. The van der Waals surface area contributed by atoms with Gasteiger partial charge in [-0.05, 0) is 60.2 Å². The molecule has 2 aromatic carbocycles. The lowest BCUT2D eigenvalue weighted by molar-refractivity contribution is 0.508. The van der Waals surface area contributed by atoms with Crippen molar-refractivity contribution >= 4 is 24.1 Å². The number of benzene rings is 2. The minimum Gasteiger partial charge on any atom is -0.311 e. The zero-order valence-electron chi connectivity index (χ0n) is 21.0. The fourth-order valence-electron chi connectivity index (χ4n) is 3.76. The molecule has 0 amide bonds. The van der Waals surface area contributed by atoms with Gasteiger partial charge in [-0.3, -0.25) is 0 Å². The maximum absolute atomic E-state index is 4.45. The van der Waals surface area contributed by atoms with Crippen LogP contribution in [-0.2, 0) is 0 Å². The lowest BCUT2D eigenvalue weighted by Crippen LogP contribution is -2.20. The third-order valence-electron chi connectivity index (χ3n) is 5.49. The smallest absolute Gasteiger partial charge is 0.154 e. The van der Waals surface area contributed by atoms with E-state index in [0.717, 1.165) is 30.7 Å². The second-order valence-corrected chi connectivity index (χ2v) is 9.07. The Morgan fingerprint density at radius 1 is 0.970 bits per heavy atom. The van der Waals surface area contributed by atoms with Crippen LogP contribution < -0.4 is 10.4 Å². The van der Waals surface area contributed by atoms with Crippen LogP contribution in [0.3, 0.4) is 0 Å². The van der Waals surface area contributed by atoms with Gasteiger partial charge in [0, 0.05) is 17.1 Å². The molecule has 0 atom stereocenters.